The molecule has 430 valence electrons. The van der Waals surface area contributed by atoms with Crippen LogP contribution >= 0.6 is 114 Å². The van der Waals surface area contributed by atoms with Crippen molar-refractivity contribution in [1.29, 1.82) is 0 Å². The Bertz CT molecular complexity index is 3970. The van der Waals surface area contributed by atoms with Crippen LogP contribution in [0.3, 0.4) is 0 Å². The third-order valence-electron chi connectivity index (χ3n) is 16.4. The molecule has 4 nitrogen and oxygen atoms in total. The Labute approximate surface area is 535 Å². The first kappa shape index (κ1) is 58.4. The van der Waals surface area contributed by atoms with E-state index >= 15 is 0 Å². The fourth-order valence-corrected chi connectivity index (χ4v) is 21.7. The Balaban J connectivity index is 1.02. The van der Waals surface area contributed by atoms with Crippen LogP contribution in [-0.4, -0.2) is 17.5 Å². The molecule has 3 aromatic carbocycles. The van der Waals surface area contributed by atoms with E-state index in [9.17, 15) is 0 Å². The number of hydrogen-bond donors (Lipinski definition) is 0. The Morgan fingerprint density at radius 3 is 1.01 bits per heavy atom. The van der Waals surface area contributed by atoms with E-state index in [1.165, 1.54) is 249 Å². The molecule has 0 radical (unpaired) electrons. The van der Waals surface area contributed by atoms with Crippen LogP contribution in [0, 0.1) is 0 Å². The van der Waals surface area contributed by atoms with Gasteiger partial charge >= 0.3 is 0 Å². The molecule has 84 heavy (non-hydrogen) atoms. The maximum Gasteiger partial charge on any atom is 0.114 e. The summed E-state index contributed by atoms with van der Waals surface area (Å²) < 4.78 is 23.4. The molecule has 0 saturated heterocycles. The number of benzene rings is 3. The highest BCUT2D eigenvalue weighted by atomic mass is 32.1. The van der Waals surface area contributed by atoms with Crippen LogP contribution in [0.2, 0.25) is 0 Å². The van der Waals surface area contributed by atoms with Gasteiger partial charge in [0.15, 0.2) is 0 Å². The van der Waals surface area contributed by atoms with Crippen LogP contribution in [-0.2, 0) is 25.7 Å². The van der Waals surface area contributed by atoms with Gasteiger partial charge in [-0.15, -0.1) is 90.7 Å². The van der Waals surface area contributed by atoms with Crippen molar-refractivity contribution in [1.82, 2.24) is 17.5 Å². The van der Waals surface area contributed by atoms with Gasteiger partial charge in [0, 0.05) is 123 Å². The van der Waals surface area contributed by atoms with E-state index in [2.05, 4.69) is 136 Å². The topological polar surface area (TPSA) is 51.6 Å². The SMILES string of the molecule is CCCCCCc1ccc(-c2cc(-c3cc4c(-c5cccs5)c5sc(-c6cc(-c7ccc(CCCCCC)s7)c7nsnc7c6-c6ccc(CCCCCC)s6)cc5c(-c5cccs5)c4s3)c(-c3ccc(CCCCCC)s3)c3nsnc23)s1. The molecule has 0 atom stereocenters. The molecule has 0 saturated carbocycles. The van der Waals surface area contributed by atoms with Crippen molar-refractivity contribution in [3.05, 3.63) is 127 Å². The van der Waals surface area contributed by atoms with E-state index in [0.29, 0.717) is 0 Å². The van der Waals surface area contributed by atoms with E-state index < -0.39 is 0 Å². The van der Waals surface area contributed by atoms with Gasteiger partial charge in [0.2, 0.25) is 0 Å². The number of fused-ring (bicyclic) bond motifs is 4. The molecule has 0 bridgehead atoms. The van der Waals surface area contributed by atoms with Crippen LogP contribution in [0.1, 0.15) is 150 Å². The zero-order chi connectivity index (χ0) is 56.9. The van der Waals surface area contributed by atoms with E-state index in [-0.39, 0.29) is 0 Å². The zero-order valence-corrected chi connectivity index (χ0v) is 56.6. The normalized spacial score (nSPS) is 12.0. The maximum atomic E-state index is 5.24. The number of hydrogen-bond acceptors (Lipinski definition) is 14. The summed E-state index contributed by atoms with van der Waals surface area (Å²) in [4.78, 5) is 16.1. The van der Waals surface area contributed by atoms with Crippen molar-refractivity contribution in [2.75, 3.05) is 0 Å². The Kier molecular flexibility index (Phi) is 18.9. The number of thiophene rings is 8. The molecule has 0 aliphatic heterocycles. The van der Waals surface area contributed by atoms with Gasteiger partial charge < -0.3 is 0 Å². The molecule has 0 N–H and O–H groups in total. The minimum absolute atomic E-state index is 1.02. The predicted octanol–water partition coefficient (Wildman–Crippen LogP) is 26.3. The number of nitrogens with zero attached hydrogens (tertiary/aromatic N) is 4. The highest BCUT2D eigenvalue weighted by Gasteiger charge is 2.29. The average molecular weight is 1290 g/mol. The second kappa shape index (κ2) is 27.2. The van der Waals surface area contributed by atoms with Gasteiger partial charge in [0.25, 0.3) is 0 Å². The third-order valence-corrected chi connectivity index (χ3v) is 26.3. The highest BCUT2D eigenvalue weighted by molar-refractivity contribution is 7.26. The fraction of sp³-hybridized carbons (Fsp3) is 0.343. The molecule has 0 amide bonds. The Morgan fingerprint density at radius 1 is 0.298 bits per heavy atom. The van der Waals surface area contributed by atoms with Gasteiger partial charge in [-0.2, -0.15) is 17.5 Å². The monoisotopic (exact) mass is 1290 g/mol. The lowest BCUT2D eigenvalue weighted by Gasteiger charge is -2.11. The first-order valence-electron chi connectivity index (χ1n) is 30.6. The van der Waals surface area contributed by atoms with Crippen LogP contribution < -0.4 is 0 Å². The first-order chi connectivity index (χ1) is 41.5. The molecule has 0 aliphatic rings. The lowest BCUT2D eigenvalue weighted by molar-refractivity contribution is 0.670. The molecule has 14 heteroatoms. The number of unbranched alkanes of at least 4 members (excludes halogenated alkanes) is 12. The van der Waals surface area contributed by atoms with Crippen LogP contribution in [0.25, 0.3) is 126 Å². The van der Waals surface area contributed by atoms with Gasteiger partial charge in [0.05, 0.1) is 23.5 Å². The van der Waals surface area contributed by atoms with Crippen molar-refractivity contribution in [2.24, 2.45) is 0 Å². The highest BCUT2D eigenvalue weighted by Crippen LogP contribution is 2.57. The number of aromatic nitrogens is 4. The van der Waals surface area contributed by atoms with Crippen molar-refractivity contribution < 1.29 is 0 Å². The van der Waals surface area contributed by atoms with Crippen molar-refractivity contribution >= 4 is 156 Å². The largest absolute Gasteiger partial charge is 0.172 e. The summed E-state index contributed by atoms with van der Waals surface area (Å²) in [5.41, 5.74) is 14.1. The van der Waals surface area contributed by atoms with Crippen molar-refractivity contribution in [2.45, 2.75) is 156 Å². The first-order valence-corrected chi connectivity index (χ1v) is 38.7. The van der Waals surface area contributed by atoms with E-state index in [1.54, 1.807) is 0 Å². The molecule has 10 aromatic heterocycles. The molecule has 13 rings (SSSR count). The molecule has 10 heterocycles. The van der Waals surface area contributed by atoms with Gasteiger partial charge in [-0.25, -0.2) is 0 Å². The molecule has 0 spiro atoms. The summed E-state index contributed by atoms with van der Waals surface area (Å²) in [6, 6.07) is 38.3. The molecule has 0 fully saturated rings. The quantitative estimate of drug-likeness (QED) is 0.0459. The summed E-state index contributed by atoms with van der Waals surface area (Å²) in [5.74, 6) is 0. The molecular weight excluding hydrogens is 1220 g/mol. The van der Waals surface area contributed by atoms with Gasteiger partial charge in [0.1, 0.15) is 22.1 Å². The lowest BCUT2D eigenvalue weighted by Crippen LogP contribution is -1.88. The average Bonchev–Trinajstić information content (AvgIpc) is 1.95. The summed E-state index contributed by atoms with van der Waals surface area (Å²) in [6.07, 6.45) is 24.7. The van der Waals surface area contributed by atoms with Crippen LogP contribution in [0.15, 0.2) is 108 Å². The Hall–Kier alpha value is -4.58. The zero-order valence-electron chi connectivity index (χ0n) is 48.4. The van der Waals surface area contributed by atoms with Gasteiger partial charge in [-0.1, -0.05) is 117 Å². The van der Waals surface area contributed by atoms with Gasteiger partial charge in [-0.3, -0.25) is 0 Å². The third kappa shape index (κ3) is 12.1. The second-order valence-corrected chi connectivity index (χ2v) is 32.1. The summed E-state index contributed by atoms with van der Waals surface area (Å²) in [6.45, 7) is 9.19. The minimum atomic E-state index is 1.02. The van der Waals surface area contributed by atoms with Crippen LogP contribution in [0.5, 0.6) is 0 Å². The van der Waals surface area contributed by atoms with Crippen molar-refractivity contribution in [3.8, 4) is 83.5 Å². The van der Waals surface area contributed by atoms with E-state index in [4.69, 9.17) is 17.5 Å². The molecule has 0 unspecified atom stereocenters. The maximum absolute atomic E-state index is 5.24. The predicted molar refractivity (Wildman–Crippen MR) is 381 cm³/mol. The smallest absolute Gasteiger partial charge is 0.114 e. The fourth-order valence-electron chi connectivity index (χ4n) is 12.0. The lowest BCUT2D eigenvalue weighted by atomic mass is 9.95. The Morgan fingerprint density at radius 2 is 0.655 bits per heavy atom. The molecular formula is C70H70N4S10. The second-order valence-electron chi connectivity index (χ2n) is 22.3. The van der Waals surface area contributed by atoms with E-state index in [1.807, 2.05) is 90.7 Å². The number of aryl methyl sites for hydroxylation is 4. The summed E-state index contributed by atoms with van der Waals surface area (Å²) in [5, 5.41) is 7.15. The van der Waals surface area contributed by atoms with Crippen molar-refractivity contribution in [3.63, 3.8) is 0 Å². The van der Waals surface area contributed by atoms with E-state index in [0.717, 1.165) is 47.8 Å². The summed E-state index contributed by atoms with van der Waals surface area (Å²) >= 11 is 18.2. The minimum Gasteiger partial charge on any atom is -0.172 e. The summed E-state index contributed by atoms with van der Waals surface area (Å²) in [7, 11) is 0. The van der Waals surface area contributed by atoms with Crippen LogP contribution in [0.4, 0.5) is 0 Å². The standard InChI is InChI=1S/C70H70N4S10/c1-5-9-13-17-23-43-29-33-53(77-43)49-39-47(61(67-65(49)71-83-73-67)57-35-31-45(79-57)25-19-15-11-7-3)59-41-51-63(55-27-21-37-75-55)70-52(64(69(51)81-59)56-28-22-38-76-56)42-60(82-70)48-40-50(54-34-30-44(78-54)24-18-14-10-6-2)66-68(74-84-72-66)62(48)58-36-32-46(80-58)26-20-16-12-8-4/h21-22,27-42H,5-20,23-26H2,1-4H3. The number of rotatable bonds is 28. The van der Waals surface area contributed by atoms with Gasteiger partial charge in [-0.05, 0) is 147 Å². The molecule has 13 aromatic rings. The molecule has 0 aliphatic carbocycles.